The molecular weight excluding hydrogens is 190 g/mol. The second-order valence-electron chi connectivity index (χ2n) is 3.33. The Morgan fingerprint density at radius 2 is 2.33 bits per heavy atom. The molecule has 0 aromatic carbocycles. The van der Waals surface area contributed by atoms with Crippen LogP contribution >= 0.6 is 0 Å². The number of aromatic nitrogens is 1. The average molecular weight is 207 g/mol. The van der Waals surface area contributed by atoms with Gasteiger partial charge in [-0.1, -0.05) is 19.8 Å². The van der Waals surface area contributed by atoms with E-state index in [2.05, 4.69) is 11.9 Å². The van der Waals surface area contributed by atoms with Crippen LogP contribution in [0.15, 0.2) is 18.3 Å². The van der Waals surface area contributed by atoms with Crippen molar-refractivity contribution < 1.29 is 4.74 Å². The Morgan fingerprint density at radius 3 is 3.00 bits per heavy atom. The number of rotatable bonds is 6. The number of nitrogens with zero attached hydrogens (tertiary/aromatic N) is 1. The fraction of sp³-hybridized carbons (Fsp3) is 0.455. The van der Waals surface area contributed by atoms with E-state index in [0.29, 0.717) is 18.1 Å². The van der Waals surface area contributed by atoms with Gasteiger partial charge in [0.15, 0.2) is 0 Å². The van der Waals surface area contributed by atoms with E-state index in [9.17, 15) is 0 Å². The Morgan fingerprint density at radius 1 is 1.53 bits per heavy atom. The predicted molar refractivity (Wildman–Crippen MR) is 60.3 cm³/mol. The van der Waals surface area contributed by atoms with Crippen LogP contribution in [-0.4, -0.2) is 17.4 Å². The normalized spacial score (nSPS) is 9.93. The summed E-state index contributed by atoms with van der Waals surface area (Å²) in [5, 5.41) is 7.35. The van der Waals surface area contributed by atoms with Crippen molar-refractivity contribution >= 4 is 5.84 Å². The SMILES string of the molecule is CCCCCOc1ncccc1C(=N)N. The van der Waals surface area contributed by atoms with E-state index >= 15 is 0 Å². The van der Waals surface area contributed by atoms with E-state index in [4.69, 9.17) is 15.9 Å². The molecule has 0 aliphatic carbocycles. The molecule has 82 valence electrons. The lowest BCUT2D eigenvalue weighted by Gasteiger charge is -2.08. The quantitative estimate of drug-likeness (QED) is 0.425. The smallest absolute Gasteiger partial charge is 0.224 e. The molecule has 1 aromatic heterocycles. The molecule has 0 atom stereocenters. The summed E-state index contributed by atoms with van der Waals surface area (Å²) in [6.07, 6.45) is 4.94. The first-order valence-electron chi connectivity index (χ1n) is 5.18. The Balaban J connectivity index is 2.56. The van der Waals surface area contributed by atoms with Crippen LogP contribution in [0.2, 0.25) is 0 Å². The molecule has 3 N–H and O–H groups in total. The maximum absolute atomic E-state index is 7.35. The van der Waals surface area contributed by atoms with E-state index in [1.165, 1.54) is 0 Å². The second-order valence-corrected chi connectivity index (χ2v) is 3.33. The summed E-state index contributed by atoms with van der Waals surface area (Å²) >= 11 is 0. The molecule has 0 saturated carbocycles. The van der Waals surface area contributed by atoms with Gasteiger partial charge in [0.2, 0.25) is 5.88 Å². The van der Waals surface area contributed by atoms with Crippen molar-refractivity contribution in [2.45, 2.75) is 26.2 Å². The Kier molecular flexibility index (Phi) is 4.60. The zero-order chi connectivity index (χ0) is 11.1. The Hall–Kier alpha value is -1.58. The minimum atomic E-state index is -0.00593. The van der Waals surface area contributed by atoms with Gasteiger partial charge in [0, 0.05) is 6.20 Å². The van der Waals surface area contributed by atoms with Gasteiger partial charge in [-0.25, -0.2) is 4.98 Å². The highest BCUT2D eigenvalue weighted by atomic mass is 16.5. The summed E-state index contributed by atoms with van der Waals surface area (Å²) in [6.45, 7) is 2.77. The van der Waals surface area contributed by atoms with Crippen molar-refractivity contribution in [3.8, 4) is 5.88 Å². The summed E-state index contributed by atoms with van der Waals surface area (Å²) < 4.78 is 5.47. The highest BCUT2D eigenvalue weighted by Crippen LogP contribution is 2.13. The first kappa shape index (κ1) is 11.5. The van der Waals surface area contributed by atoms with Gasteiger partial charge in [-0.3, -0.25) is 5.41 Å². The lowest BCUT2D eigenvalue weighted by Crippen LogP contribution is -2.14. The monoisotopic (exact) mass is 207 g/mol. The van der Waals surface area contributed by atoms with Crippen molar-refractivity contribution in [1.82, 2.24) is 4.98 Å². The molecule has 0 bridgehead atoms. The van der Waals surface area contributed by atoms with E-state index in [-0.39, 0.29) is 5.84 Å². The third-order valence-electron chi connectivity index (χ3n) is 2.05. The molecule has 15 heavy (non-hydrogen) atoms. The first-order chi connectivity index (χ1) is 7.25. The fourth-order valence-corrected chi connectivity index (χ4v) is 1.23. The lowest BCUT2D eigenvalue weighted by molar-refractivity contribution is 0.294. The summed E-state index contributed by atoms with van der Waals surface area (Å²) in [4.78, 5) is 4.05. The molecule has 0 unspecified atom stereocenters. The molecule has 1 rings (SSSR count). The van der Waals surface area contributed by atoms with E-state index in [0.717, 1.165) is 19.3 Å². The molecule has 1 heterocycles. The van der Waals surface area contributed by atoms with Crippen LogP contribution in [0.25, 0.3) is 0 Å². The van der Waals surface area contributed by atoms with Crippen molar-refractivity contribution in [2.75, 3.05) is 6.61 Å². The molecule has 1 aromatic rings. The third kappa shape index (κ3) is 3.58. The van der Waals surface area contributed by atoms with Crippen LogP contribution in [0.5, 0.6) is 5.88 Å². The fourth-order valence-electron chi connectivity index (χ4n) is 1.23. The van der Waals surface area contributed by atoms with E-state index < -0.39 is 0 Å². The molecule has 4 heteroatoms. The minimum absolute atomic E-state index is 0.00593. The summed E-state index contributed by atoms with van der Waals surface area (Å²) in [7, 11) is 0. The third-order valence-corrected chi connectivity index (χ3v) is 2.05. The van der Waals surface area contributed by atoms with Crippen LogP contribution < -0.4 is 10.5 Å². The van der Waals surface area contributed by atoms with Crippen molar-refractivity contribution in [1.29, 1.82) is 5.41 Å². The van der Waals surface area contributed by atoms with Gasteiger partial charge in [0.1, 0.15) is 5.84 Å². The van der Waals surface area contributed by atoms with Crippen LogP contribution in [0.3, 0.4) is 0 Å². The predicted octanol–water partition coefficient (Wildman–Crippen LogP) is 1.93. The number of pyridine rings is 1. The maximum Gasteiger partial charge on any atom is 0.224 e. The van der Waals surface area contributed by atoms with Crippen LogP contribution in [0.4, 0.5) is 0 Å². The Labute approximate surface area is 90.0 Å². The molecule has 0 amide bonds. The average Bonchev–Trinajstić information content (AvgIpc) is 2.25. The maximum atomic E-state index is 7.35. The molecule has 0 aliphatic rings. The van der Waals surface area contributed by atoms with Gasteiger partial charge < -0.3 is 10.5 Å². The number of nitrogens with one attached hydrogen (secondary N) is 1. The second kappa shape index (κ2) is 6.01. The Bertz CT molecular complexity index is 325. The first-order valence-corrected chi connectivity index (χ1v) is 5.18. The number of unbranched alkanes of at least 4 members (excludes halogenated alkanes) is 2. The number of hydrogen-bond donors (Lipinski definition) is 2. The number of ether oxygens (including phenoxy) is 1. The van der Waals surface area contributed by atoms with Crippen LogP contribution in [-0.2, 0) is 0 Å². The van der Waals surface area contributed by atoms with Gasteiger partial charge in [-0.15, -0.1) is 0 Å². The lowest BCUT2D eigenvalue weighted by atomic mass is 10.2. The number of nitrogens with two attached hydrogens (primary N) is 1. The summed E-state index contributed by atoms with van der Waals surface area (Å²) in [5.74, 6) is 0.453. The molecule has 0 fully saturated rings. The van der Waals surface area contributed by atoms with Crippen molar-refractivity contribution in [3.63, 3.8) is 0 Å². The molecule has 0 spiro atoms. The van der Waals surface area contributed by atoms with Gasteiger partial charge in [0.05, 0.1) is 12.2 Å². The van der Waals surface area contributed by atoms with Crippen molar-refractivity contribution in [2.24, 2.45) is 5.73 Å². The highest BCUT2D eigenvalue weighted by Gasteiger charge is 2.06. The summed E-state index contributed by atoms with van der Waals surface area (Å²) in [6, 6.07) is 3.49. The van der Waals surface area contributed by atoms with E-state index in [1.807, 2.05) is 0 Å². The van der Waals surface area contributed by atoms with Crippen LogP contribution in [0.1, 0.15) is 31.7 Å². The number of nitrogen functional groups attached to an aromatic ring is 1. The summed E-state index contributed by atoms with van der Waals surface area (Å²) in [5.41, 5.74) is 5.97. The molecule has 4 nitrogen and oxygen atoms in total. The minimum Gasteiger partial charge on any atom is -0.477 e. The molecule has 0 radical (unpaired) electrons. The van der Waals surface area contributed by atoms with Gasteiger partial charge in [0.25, 0.3) is 0 Å². The van der Waals surface area contributed by atoms with Crippen molar-refractivity contribution in [3.05, 3.63) is 23.9 Å². The zero-order valence-electron chi connectivity index (χ0n) is 8.99. The number of amidine groups is 1. The van der Waals surface area contributed by atoms with Gasteiger partial charge in [-0.2, -0.15) is 0 Å². The standard InChI is InChI=1S/C11H17N3O/c1-2-3-4-8-15-11-9(10(12)13)6-5-7-14-11/h5-7H,2-4,8H2,1H3,(H3,12,13). The molecule has 0 aliphatic heterocycles. The van der Waals surface area contributed by atoms with E-state index in [1.54, 1.807) is 18.3 Å². The zero-order valence-corrected chi connectivity index (χ0v) is 8.99. The largest absolute Gasteiger partial charge is 0.477 e. The van der Waals surface area contributed by atoms with Gasteiger partial charge in [-0.05, 0) is 18.6 Å². The number of hydrogen-bond acceptors (Lipinski definition) is 3. The van der Waals surface area contributed by atoms with Gasteiger partial charge >= 0.3 is 0 Å². The topological polar surface area (TPSA) is 72.0 Å². The molecular formula is C11H17N3O. The van der Waals surface area contributed by atoms with Crippen LogP contribution in [0, 0.1) is 5.41 Å². The highest BCUT2D eigenvalue weighted by molar-refractivity contribution is 5.96. The molecule has 0 saturated heterocycles.